The third-order valence-corrected chi connectivity index (χ3v) is 1.87. The summed E-state index contributed by atoms with van der Waals surface area (Å²) in [7, 11) is 0. The van der Waals surface area contributed by atoms with Gasteiger partial charge in [-0.3, -0.25) is 9.89 Å². The first kappa shape index (κ1) is 9.31. The van der Waals surface area contributed by atoms with Gasteiger partial charge < -0.3 is 5.32 Å². The SMILES string of the molecule is Cc1[nH]ncc1C(=O)NCc1nn[nH]n1. The van der Waals surface area contributed by atoms with Crippen LogP contribution in [0.2, 0.25) is 0 Å². The Hall–Kier alpha value is -2.25. The van der Waals surface area contributed by atoms with E-state index in [1.165, 1.54) is 6.20 Å². The van der Waals surface area contributed by atoms with Gasteiger partial charge in [-0.15, -0.1) is 10.2 Å². The van der Waals surface area contributed by atoms with Gasteiger partial charge in [0.2, 0.25) is 0 Å². The van der Waals surface area contributed by atoms with Gasteiger partial charge in [0.25, 0.3) is 5.91 Å². The monoisotopic (exact) mass is 207 g/mol. The fraction of sp³-hybridized carbons (Fsp3) is 0.286. The Labute approximate surface area is 84.5 Å². The number of carbonyl (C=O) groups is 1. The summed E-state index contributed by atoms with van der Waals surface area (Å²) in [5.74, 6) is 0.218. The standard InChI is InChI=1S/C7H9N7O/c1-4-5(2-9-10-4)7(15)8-3-6-11-13-14-12-6/h2H,3H2,1H3,(H,8,15)(H,9,10)(H,11,12,13,14). The minimum absolute atomic E-state index is 0.217. The van der Waals surface area contributed by atoms with Crippen molar-refractivity contribution in [2.45, 2.75) is 13.5 Å². The number of aromatic amines is 2. The molecule has 0 unspecified atom stereocenters. The number of aryl methyl sites for hydroxylation is 1. The van der Waals surface area contributed by atoms with Crippen LogP contribution in [0.4, 0.5) is 0 Å². The van der Waals surface area contributed by atoms with E-state index >= 15 is 0 Å². The number of H-pyrrole nitrogens is 2. The number of hydrogen-bond acceptors (Lipinski definition) is 5. The summed E-state index contributed by atoms with van der Waals surface area (Å²) in [6.07, 6.45) is 1.47. The fourth-order valence-corrected chi connectivity index (χ4v) is 1.09. The zero-order valence-electron chi connectivity index (χ0n) is 7.98. The summed E-state index contributed by atoms with van der Waals surface area (Å²) in [4.78, 5) is 11.6. The molecular weight excluding hydrogens is 198 g/mol. The van der Waals surface area contributed by atoms with Crippen molar-refractivity contribution in [1.29, 1.82) is 0 Å². The maximum absolute atomic E-state index is 11.6. The van der Waals surface area contributed by atoms with Crippen LogP contribution in [0.3, 0.4) is 0 Å². The van der Waals surface area contributed by atoms with Gasteiger partial charge in [-0.25, -0.2) is 0 Å². The molecule has 1 amide bonds. The Morgan fingerprint density at radius 1 is 1.60 bits per heavy atom. The summed E-state index contributed by atoms with van der Waals surface area (Å²) in [6.45, 7) is 2.01. The van der Waals surface area contributed by atoms with Gasteiger partial charge in [-0.1, -0.05) is 5.21 Å². The molecule has 2 aromatic heterocycles. The molecule has 0 aromatic carbocycles. The number of nitrogens with zero attached hydrogens (tertiary/aromatic N) is 4. The highest BCUT2D eigenvalue weighted by Gasteiger charge is 2.10. The van der Waals surface area contributed by atoms with Crippen molar-refractivity contribution in [3.8, 4) is 0 Å². The molecule has 0 bridgehead atoms. The van der Waals surface area contributed by atoms with Crippen molar-refractivity contribution in [1.82, 2.24) is 36.1 Å². The molecule has 0 fully saturated rings. The minimum atomic E-state index is -0.217. The molecule has 0 saturated heterocycles. The zero-order chi connectivity index (χ0) is 10.7. The van der Waals surface area contributed by atoms with Crippen LogP contribution in [0.5, 0.6) is 0 Å². The smallest absolute Gasteiger partial charge is 0.255 e. The van der Waals surface area contributed by atoms with Gasteiger partial charge in [0.05, 0.1) is 18.3 Å². The zero-order valence-corrected chi connectivity index (χ0v) is 7.98. The van der Waals surface area contributed by atoms with Crippen LogP contribution >= 0.6 is 0 Å². The third kappa shape index (κ3) is 1.98. The van der Waals surface area contributed by atoms with Crippen molar-refractivity contribution < 1.29 is 4.79 Å². The van der Waals surface area contributed by atoms with Crippen molar-refractivity contribution in [3.05, 3.63) is 23.3 Å². The van der Waals surface area contributed by atoms with Crippen LogP contribution < -0.4 is 5.32 Å². The van der Waals surface area contributed by atoms with Crippen molar-refractivity contribution in [3.63, 3.8) is 0 Å². The van der Waals surface area contributed by atoms with E-state index in [1.807, 2.05) is 0 Å². The normalized spacial score (nSPS) is 10.2. The van der Waals surface area contributed by atoms with Crippen LogP contribution in [0.25, 0.3) is 0 Å². The molecule has 0 aliphatic carbocycles. The molecule has 8 heteroatoms. The molecule has 78 valence electrons. The maximum atomic E-state index is 11.6. The number of hydrogen-bond donors (Lipinski definition) is 3. The van der Waals surface area contributed by atoms with Crippen LogP contribution in [0, 0.1) is 6.92 Å². The highest BCUT2D eigenvalue weighted by molar-refractivity contribution is 5.94. The Balaban J connectivity index is 1.96. The number of carbonyl (C=O) groups excluding carboxylic acids is 1. The number of rotatable bonds is 3. The molecule has 2 aromatic rings. The number of aromatic nitrogens is 6. The Morgan fingerprint density at radius 3 is 3.07 bits per heavy atom. The Morgan fingerprint density at radius 2 is 2.47 bits per heavy atom. The molecule has 2 heterocycles. The van der Waals surface area contributed by atoms with E-state index in [-0.39, 0.29) is 12.5 Å². The van der Waals surface area contributed by atoms with E-state index < -0.39 is 0 Å². The summed E-state index contributed by atoms with van der Waals surface area (Å²) in [5.41, 5.74) is 1.24. The second kappa shape index (κ2) is 3.86. The average Bonchev–Trinajstić information content (AvgIpc) is 2.84. The molecule has 0 atom stereocenters. The molecule has 3 N–H and O–H groups in total. The molecule has 0 aliphatic rings. The predicted octanol–water partition coefficient (Wildman–Crippen LogP) is -0.839. The lowest BCUT2D eigenvalue weighted by atomic mass is 10.2. The fourth-order valence-electron chi connectivity index (χ4n) is 1.09. The first-order valence-corrected chi connectivity index (χ1v) is 4.28. The van der Waals surface area contributed by atoms with Crippen LogP contribution in [0.15, 0.2) is 6.20 Å². The number of amides is 1. The first-order chi connectivity index (χ1) is 7.27. The largest absolute Gasteiger partial charge is 0.344 e. The first-order valence-electron chi connectivity index (χ1n) is 4.28. The van der Waals surface area contributed by atoms with Gasteiger partial charge in [0.1, 0.15) is 0 Å². The maximum Gasteiger partial charge on any atom is 0.255 e. The van der Waals surface area contributed by atoms with E-state index in [9.17, 15) is 4.79 Å². The molecule has 8 nitrogen and oxygen atoms in total. The van der Waals surface area contributed by atoms with Crippen LogP contribution in [0.1, 0.15) is 21.9 Å². The van der Waals surface area contributed by atoms with E-state index in [0.29, 0.717) is 11.4 Å². The summed E-state index contributed by atoms with van der Waals surface area (Å²) >= 11 is 0. The van der Waals surface area contributed by atoms with Crippen LogP contribution in [-0.2, 0) is 6.54 Å². The van der Waals surface area contributed by atoms with Gasteiger partial charge in [0.15, 0.2) is 5.82 Å². The summed E-state index contributed by atoms with van der Waals surface area (Å²) in [6, 6.07) is 0. The lowest BCUT2D eigenvalue weighted by Gasteiger charge is -1.99. The lowest BCUT2D eigenvalue weighted by molar-refractivity contribution is 0.0949. The van der Waals surface area contributed by atoms with Crippen molar-refractivity contribution in [2.75, 3.05) is 0 Å². The molecule has 0 saturated carbocycles. The summed E-state index contributed by atoms with van der Waals surface area (Å²) in [5, 5.41) is 22.2. The second-order valence-electron chi connectivity index (χ2n) is 2.92. The number of nitrogens with one attached hydrogen (secondary N) is 3. The Kier molecular flexibility index (Phi) is 2.40. The van der Waals surface area contributed by atoms with E-state index in [1.54, 1.807) is 6.92 Å². The predicted molar refractivity (Wildman–Crippen MR) is 48.7 cm³/mol. The number of tetrazole rings is 1. The van der Waals surface area contributed by atoms with Crippen molar-refractivity contribution >= 4 is 5.91 Å². The second-order valence-corrected chi connectivity index (χ2v) is 2.92. The van der Waals surface area contributed by atoms with Gasteiger partial charge in [0, 0.05) is 5.69 Å². The average molecular weight is 207 g/mol. The lowest BCUT2D eigenvalue weighted by Crippen LogP contribution is -2.23. The molecule has 0 spiro atoms. The molecular formula is C7H9N7O. The van der Waals surface area contributed by atoms with E-state index in [4.69, 9.17) is 0 Å². The quantitative estimate of drug-likeness (QED) is 0.607. The van der Waals surface area contributed by atoms with Gasteiger partial charge >= 0.3 is 0 Å². The molecule has 0 aliphatic heterocycles. The topological polar surface area (TPSA) is 112 Å². The van der Waals surface area contributed by atoms with Crippen molar-refractivity contribution in [2.24, 2.45) is 0 Å². The molecule has 15 heavy (non-hydrogen) atoms. The van der Waals surface area contributed by atoms with E-state index in [0.717, 1.165) is 5.69 Å². The third-order valence-electron chi connectivity index (χ3n) is 1.87. The summed E-state index contributed by atoms with van der Waals surface area (Å²) < 4.78 is 0. The minimum Gasteiger partial charge on any atom is -0.344 e. The highest BCUT2D eigenvalue weighted by atomic mass is 16.1. The highest BCUT2D eigenvalue weighted by Crippen LogP contribution is 2.01. The van der Waals surface area contributed by atoms with Crippen LogP contribution in [-0.4, -0.2) is 36.7 Å². The van der Waals surface area contributed by atoms with E-state index in [2.05, 4.69) is 36.1 Å². The van der Waals surface area contributed by atoms with Gasteiger partial charge in [-0.05, 0) is 6.92 Å². The molecule has 0 radical (unpaired) electrons. The molecule has 2 rings (SSSR count). The van der Waals surface area contributed by atoms with Gasteiger partial charge in [-0.2, -0.15) is 10.3 Å². The Bertz CT molecular complexity index is 446.